The van der Waals surface area contributed by atoms with Crippen molar-refractivity contribution >= 4 is 61.6 Å². The summed E-state index contributed by atoms with van der Waals surface area (Å²) in [4.78, 5) is 15.0. The molecule has 5 nitrogen and oxygen atoms in total. The van der Waals surface area contributed by atoms with E-state index in [1.54, 1.807) is 16.7 Å². The second-order valence-electron chi connectivity index (χ2n) is 18.5. The number of nitrogens with zero attached hydrogens (tertiary/aromatic N) is 3. The Balaban J connectivity index is 1.08. The van der Waals surface area contributed by atoms with Crippen molar-refractivity contribution in [1.29, 1.82) is 0 Å². The van der Waals surface area contributed by atoms with Gasteiger partial charge < -0.3 is 8.98 Å². The molecule has 8 bridgehead atoms. The molecule has 4 fully saturated rings. The average Bonchev–Trinajstić information content (AvgIpc) is 3.80. The first-order valence-electron chi connectivity index (χ1n) is 20.1. The second kappa shape index (κ2) is 8.43. The molecule has 0 spiro atoms. The summed E-state index contributed by atoms with van der Waals surface area (Å²) in [5, 5.41) is 4.87. The lowest BCUT2D eigenvalue weighted by Crippen LogP contribution is -2.53. The molecule has 6 heteroatoms. The van der Waals surface area contributed by atoms with Crippen LogP contribution in [0.25, 0.3) is 55.1 Å². The molecule has 4 atom stereocenters. The Hall–Kier alpha value is -4.45. The van der Waals surface area contributed by atoms with Gasteiger partial charge in [-0.3, -0.25) is 14.1 Å². The summed E-state index contributed by atoms with van der Waals surface area (Å²) in [7, 11) is 0. The number of hydrogen-bond donors (Lipinski definition) is 0. The molecule has 0 saturated heterocycles. The summed E-state index contributed by atoms with van der Waals surface area (Å²) < 4.78 is 13.9. The zero-order valence-electron chi connectivity index (χ0n) is 28.7. The number of furan rings is 1. The SMILES string of the molecule is O=c1c2cc3c(cc2n2n1B1c4oc5ccccc5c4-n4c5ccc6c(c5c5ccc-2c1c54)C1CC2CC(CC6C2)C1)C1CC2CC(CC3C2)C1. The fourth-order valence-electron chi connectivity index (χ4n) is 14.8. The summed E-state index contributed by atoms with van der Waals surface area (Å²) in [6.07, 6.45) is 13.6. The molecule has 0 N–H and O–H groups in total. The number of aromatic nitrogens is 3. The fraction of sp³-hybridized carbons (Fsp3) is 0.400. The number of benzene rings is 4. The molecule has 0 amide bonds. The molecule has 10 aliphatic rings. The van der Waals surface area contributed by atoms with Gasteiger partial charge in [-0.1, -0.05) is 24.3 Å². The van der Waals surface area contributed by atoms with E-state index in [4.69, 9.17) is 4.42 Å². The summed E-state index contributed by atoms with van der Waals surface area (Å²) in [6, 6.07) is 23.2. The third kappa shape index (κ3) is 2.90. The van der Waals surface area contributed by atoms with Crippen LogP contribution in [0.3, 0.4) is 0 Å². The molecule has 7 aromatic rings. The van der Waals surface area contributed by atoms with Crippen molar-refractivity contribution in [3.63, 3.8) is 0 Å². The molecular weight excluding hydrogens is 625 g/mol. The lowest BCUT2D eigenvalue weighted by atomic mass is 9.52. The third-order valence-electron chi connectivity index (χ3n) is 16.1. The molecule has 5 heterocycles. The Morgan fingerprint density at radius 3 is 2.08 bits per heavy atom. The maximum Gasteiger partial charge on any atom is 0.398 e. The Morgan fingerprint density at radius 2 is 1.31 bits per heavy atom. The van der Waals surface area contributed by atoms with Crippen LogP contribution in [0.5, 0.6) is 0 Å². The van der Waals surface area contributed by atoms with Crippen molar-refractivity contribution in [1.82, 2.24) is 13.8 Å². The average molecular weight is 664 g/mol. The molecule has 2 aliphatic heterocycles. The van der Waals surface area contributed by atoms with E-state index in [1.165, 1.54) is 97.0 Å². The van der Waals surface area contributed by atoms with E-state index in [-0.39, 0.29) is 12.4 Å². The van der Waals surface area contributed by atoms with Gasteiger partial charge in [0.1, 0.15) is 11.2 Å². The minimum atomic E-state index is -0.291. The predicted molar refractivity (Wildman–Crippen MR) is 203 cm³/mol. The van der Waals surface area contributed by atoms with E-state index in [0.29, 0.717) is 23.7 Å². The Kier molecular flexibility index (Phi) is 4.36. The van der Waals surface area contributed by atoms with Gasteiger partial charge in [0, 0.05) is 21.6 Å². The van der Waals surface area contributed by atoms with Crippen LogP contribution in [-0.4, -0.2) is 20.7 Å². The third-order valence-corrected chi connectivity index (χ3v) is 16.1. The fourth-order valence-corrected chi connectivity index (χ4v) is 14.8. The second-order valence-corrected chi connectivity index (χ2v) is 18.5. The van der Waals surface area contributed by atoms with Gasteiger partial charge in [0.15, 0.2) is 0 Å². The molecule has 4 saturated carbocycles. The summed E-state index contributed by atoms with van der Waals surface area (Å²) in [5.74, 6) is 6.05. The van der Waals surface area contributed by atoms with Gasteiger partial charge in [-0.2, -0.15) is 0 Å². The maximum absolute atomic E-state index is 15.0. The van der Waals surface area contributed by atoms with Gasteiger partial charge in [-0.15, -0.1) is 0 Å². The van der Waals surface area contributed by atoms with Crippen LogP contribution >= 0.6 is 0 Å². The van der Waals surface area contributed by atoms with Crippen LogP contribution in [0.2, 0.25) is 0 Å². The maximum atomic E-state index is 15.0. The molecular formula is C45H38BN3O2. The van der Waals surface area contributed by atoms with Crippen molar-refractivity contribution in [3.8, 4) is 11.4 Å². The van der Waals surface area contributed by atoms with Crippen LogP contribution in [0.1, 0.15) is 110 Å². The van der Waals surface area contributed by atoms with Gasteiger partial charge in [-0.25, -0.2) is 0 Å². The molecule has 4 aromatic carbocycles. The van der Waals surface area contributed by atoms with Crippen LogP contribution in [0, 0.1) is 23.7 Å². The van der Waals surface area contributed by atoms with Gasteiger partial charge in [0.2, 0.25) is 0 Å². The van der Waals surface area contributed by atoms with Gasteiger partial charge in [-0.05, 0) is 170 Å². The highest BCUT2D eigenvalue weighted by atomic mass is 16.3. The van der Waals surface area contributed by atoms with Gasteiger partial charge in [0.25, 0.3) is 5.56 Å². The largest absolute Gasteiger partial charge is 0.466 e. The topological polar surface area (TPSA) is 45.0 Å². The predicted octanol–water partition coefficient (Wildman–Crippen LogP) is 8.70. The molecule has 248 valence electrons. The van der Waals surface area contributed by atoms with Crippen LogP contribution in [0.4, 0.5) is 0 Å². The summed E-state index contributed by atoms with van der Waals surface area (Å²) in [5.41, 5.74) is 15.5. The molecule has 4 unspecified atom stereocenters. The van der Waals surface area contributed by atoms with Crippen molar-refractivity contribution in [2.24, 2.45) is 23.7 Å². The zero-order chi connectivity index (χ0) is 32.6. The molecule has 8 aliphatic carbocycles. The van der Waals surface area contributed by atoms with E-state index >= 15 is 4.79 Å². The van der Waals surface area contributed by atoms with Gasteiger partial charge in [0.05, 0.1) is 33.3 Å². The van der Waals surface area contributed by atoms with E-state index in [2.05, 4.69) is 74.5 Å². The standard InChI is InChI=1S/C45H38BN3O2/c50-45-34-19-32-26-13-21-9-22(14-26)16-27(15-21)33(32)20-37(34)48-36-8-6-31-40-35(7-5-29-25-11-23-10-24(12-25)18-28(17-23)39(29)40)47-42(31)41(36)46(49(45)48)44-43(47)30-3-1-2-4-38(30)51-44/h1-8,19-28H,9-18H2. The highest BCUT2D eigenvalue weighted by Crippen LogP contribution is 2.59. The Morgan fingerprint density at radius 1 is 0.627 bits per heavy atom. The van der Waals surface area contributed by atoms with Crippen LogP contribution < -0.4 is 16.7 Å². The summed E-state index contributed by atoms with van der Waals surface area (Å²) >= 11 is 0. The van der Waals surface area contributed by atoms with E-state index in [9.17, 15) is 0 Å². The first-order valence-corrected chi connectivity index (χ1v) is 20.1. The smallest absolute Gasteiger partial charge is 0.398 e. The lowest BCUT2D eigenvalue weighted by Gasteiger charge is -2.38. The van der Waals surface area contributed by atoms with Crippen LogP contribution in [-0.2, 0) is 0 Å². The van der Waals surface area contributed by atoms with Crippen molar-refractivity contribution in [2.45, 2.75) is 87.9 Å². The first-order chi connectivity index (χ1) is 25.1. The number of hydrogen-bond acceptors (Lipinski definition) is 2. The number of rotatable bonds is 0. The Bertz CT molecular complexity index is 2860. The first kappa shape index (κ1) is 26.3. The molecule has 0 radical (unpaired) electrons. The summed E-state index contributed by atoms with van der Waals surface area (Å²) in [6.45, 7) is -0.291. The van der Waals surface area contributed by atoms with Crippen molar-refractivity contribution in [2.75, 3.05) is 0 Å². The van der Waals surface area contributed by atoms with E-state index < -0.39 is 0 Å². The minimum absolute atomic E-state index is 0.129. The van der Waals surface area contributed by atoms with E-state index in [1.807, 2.05) is 0 Å². The van der Waals surface area contributed by atoms with Gasteiger partial charge >= 0.3 is 6.85 Å². The van der Waals surface area contributed by atoms with Crippen LogP contribution in [0.15, 0.2) is 69.9 Å². The normalized spacial score (nSPS) is 31.2. The molecule has 51 heavy (non-hydrogen) atoms. The van der Waals surface area contributed by atoms with Crippen molar-refractivity contribution < 1.29 is 4.42 Å². The quantitative estimate of drug-likeness (QED) is 0.153. The Labute approximate surface area is 295 Å². The zero-order valence-corrected chi connectivity index (χ0v) is 28.7. The highest BCUT2D eigenvalue weighted by Gasteiger charge is 2.50. The molecule has 17 rings (SSSR count). The molecule has 3 aromatic heterocycles. The van der Waals surface area contributed by atoms with Crippen molar-refractivity contribution in [3.05, 3.63) is 93.3 Å². The monoisotopic (exact) mass is 663 g/mol. The number of para-hydroxylation sites is 1. The lowest BCUT2D eigenvalue weighted by molar-refractivity contribution is 0.166. The highest BCUT2D eigenvalue weighted by molar-refractivity contribution is 6.88. The minimum Gasteiger partial charge on any atom is -0.466 e. The van der Waals surface area contributed by atoms with E-state index in [0.717, 1.165) is 62.6 Å². The number of fused-ring (bicyclic) bond motifs is 13.